The average Bonchev–Trinajstić information content (AvgIpc) is 3.79. The lowest BCUT2D eigenvalue weighted by atomic mass is 10.2. The second-order valence-corrected chi connectivity index (χ2v) is 15.5. The van der Waals surface area contributed by atoms with Crippen molar-refractivity contribution in [2.45, 2.75) is 63.6 Å². The summed E-state index contributed by atoms with van der Waals surface area (Å²) < 4.78 is 61.3. The number of nitrogens with one attached hydrogen (secondary N) is 3. The molecule has 4 aromatic rings. The van der Waals surface area contributed by atoms with E-state index in [4.69, 9.17) is 34.5 Å². The maximum Gasteiger partial charge on any atom is 0.336 e. The molecule has 2 bridgehead atoms. The second kappa shape index (κ2) is 12.3. The Hall–Kier alpha value is -3.31. The molecule has 7 heterocycles. The van der Waals surface area contributed by atoms with Gasteiger partial charge < -0.3 is 23.4 Å². The number of aromatic nitrogens is 8. The number of fused-ring (bicyclic) bond motifs is 5. The van der Waals surface area contributed by atoms with E-state index in [9.17, 15) is 22.9 Å². The molecule has 7 atom stereocenters. The van der Waals surface area contributed by atoms with Gasteiger partial charge in [0, 0.05) is 25.3 Å². The van der Waals surface area contributed by atoms with Gasteiger partial charge >= 0.3 is 17.0 Å². The Balaban J connectivity index is 1.16. The van der Waals surface area contributed by atoms with Gasteiger partial charge in [-0.2, -0.15) is 18.1 Å². The summed E-state index contributed by atoms with van der Waals surface area (Å²) in [4.78, 5) is 59.4. The van der Waals surface area contributed by atoms with Crippen molar-refractivity contribution in [1.82, 2.24) is 43.8 Å². The number of aromatic amines is 1. The highest BCUT2D eigenvalue weighted by Crippen LogP contribution is 2.50. The Bertz CT molecular complexity index is 2050. The van der Waals surface area contributed by atoms with Crippen molar-refractivity contribution >= 4 is 63.0 Å². The fraction of sp³-hybridized carbons (Fsp3) is 0.542. The molecule has 0 aliphatic carbocycles. The molecule has 1 amide bonds. The molecule has 0 spiro atoms. The number of ether oxygens (including phenoxy) is 2. The summed E-state index contributed by atoms with van der Waals surface area (Å²) in [7, 11) is -4.45. The van der Waals surface area contributed by atoms with Crippen molar-refractivity contribution in [1.29, 1.82) is 0 Å². The van der Waals surface area contributed by atoms with E-state index in [2.05, 4.69) is 39.9 Å². The predicted octanol–water partition coefficient (Wildman–Crippen LogP) is -0.0192. The number of carbonyl (C=O) groups is 1. The Morgan fingerprint density at radius 3 is 2.74 bits per heavy atom. The van der Waals surface area contributed by atoms with Crippen LogP contribution in [0.25, 0.3) is 22.3 Å². The highest BCUT2D eigenvalue weighted by Gasteiger charge is 2.45. The third-order valence-electron chi connectivity index (χ3n) is 7.75. The van der Waals surface area contributed by atoms with Gasteiger partial charge in [-0.15, -0.1) is 0 Å². The highest BCUT2D eigenvalue weighted by molar-refractivity contribution is 8.07. The van der Waals surface area contributed by atoms with Gasteiger partial charge in [0.05, 0.1) is 37.7 Å². The second-order valence-electron chi connectivity index (χ2n) is 11.4. The van der Waals surface area contributed by atoms with Gasteiger partial charge in [-0.3, -0.25) is 29.0 Å². The largest absolute Gasteiger partial charge is 0.351 e. The molecule has 3 aliphatic rings. The van der Waals surface area contributed by atoms with Crippen LogP contribution in [0.3, 0.4) is 0 Å². The van der Waals surface area contributed by atoms with Crippen molar-refractivity contribution in [2.75, 3.05) is 18.5 Å². The third kappa shape index (κ3) is 6.57. The van der Waals surface area contributed by atoms with Crippen molar-refractivity contribution in [3.05, 3.63) is 35.5 Å². The first-order valence-corrected chi connectivity index (χ1v) is 18.4. The lowest BCUT2D eigenvalue weighted by Gasteiger charge is -2.25. The SMILES string of the molecule is CC(C)C(=O)Nc1nc2c(ncn2[C@@H]2O[C@@H]3COP(O)(=S)O[C@H]4C[C@H](n5cnc6cncnc65)O[C@@H]4CNS(=O)(=O)O[C@@H]2C3)c(=O)[nH]1. The minimum absolute atomic E-state index is 0.000548. The zero-order valence-corrected chi connectivity index (χ0v) is 27.2. The van der Waals surface area contributed by atoms with Gasteiger partial charge in [-0.1, -0.05) is 13.8 Å². The van der Waals surface area contributed by atoms with E-state index >= 15 is 0 Å². The molecule has 4 aromatic heterocycles. The summed E-state index contributed by atoms with van der Waals surface area (Å²) in [6, 6.07) is 0. The lowest BCUT2D eigenvalue weighted by Crippen LogP contribution is -2.40. The number of nitrogens with zero attached hydrogens (tertiary/aromatic N) is 7. The minimum Gasteiger partial charge on any atom is -0.351 e. The Morgan fingerprint density at radius 2 is 1.94 bits per heavy atom. The van der Waals surface area contributed by atoms with Gasteiger partial charge in [0.15, 0.2) is 23.0 Å². The lowest BCUT2D eigenvalue weighted by molar-refractivity contribution is -0.118. The topological polar surface area (TPSA) is 249 Å². The minimum atomic E-state index is -4.45. The molecule has 0 radical (unpaired) electrons. The molecular weight excluding hydrogens is 683 g/mol. The summed E-state index contributed by atoms with van der Waals surface area (Å²) in [6.07, 6.45) is 0.123. The van der Waals surface area contributed by atoms with Crippen LogP contribution in [0, 0.1) is 5.92 Å². The fourth-order valence-electron chi connectivity index (χ4n) is 5.51. The van der Waals surface area contributed by atoms with Crippen LogP contribution in [0.1, 0.15) is 39.1 Å². The maximum absolute atomic E-state index is 13.3. The van der Waals surface area contributed by atoms with Gasteiger partial charge in [-0.05, 0) is 11.8 Å². The van der Waals surface area contributed by atoms with Gasteiger partial charge in [0.2, 0.25) is 11.9 Å². The normalized spacial score (nSPS) is 31.3. The molecule has 0 aromatic carbocycles. The van der Waals surface area contributed by atoms with E-state index in [1.807, 2.05) is 0 Å². The molecule has 0 saturated carbocycles. The summed E-state index contributed by atoms with van der Waals surface area (Å²) in [5, 5.41) is 2.53. The Labute approximate surface area is 270 Å². The van der Waals surface area contributed by atoms with E-state index in [0.29, 0.717) is 11.2 Å². The standard InChI is InChI=1S/C24H29N10O10PS2/c1-11(2)21(35)31-24-30-20-18(22(36)32-24)28-10-34(20)23-15-3-12(41-23)7-40-45(37,46)43-14-4-17(42-16(14)6-29-47(38,39)44-15)33-9-27-13-5-25-8-26-19(13)33/h5,8-12,14-17,23,29H,3-4,6-7H2,1-2H3,(H,37,46)(H2,30,31,32,35,36)/t12-,14-,15+,16+,17+,23+,45?/m0/s1. The number of anilines is 1. The number of imidazole rings is 2. The van der Waals surface area contributed by atoms with E-state index < -0.39 is 65.4 Å². The molecule has 47 heavy (non-hydrogen) atoms. The van der Waals surface area contributed by atoms with E-state index in [1.54, 1.807) is 24.6 Å². The fourth-order valence-corrected chi connectivity index (χ4v) is 7.94. The summed E-state index contributed by atoms with van der Waals surface area (Å²) >= 11 is 5.31. The first-order valence-electron chi connectivity index (χ1n) is 14.4. The Morgan fingerprint density at radius 1 is 1.13 bits per heavy atom. The maximum atomic E-state index is 13.3. The molecule has 20 nitrogen and oxygen atoms in total. The summed E-state index contributed by atoms with van der Waals surface area (Å²) in [6.45, 7) is -1.15. The molecule has 7 rings (SSSR count). The number of hydrogen-bond acceptors (Lipinski definition) is 15. The number of hydrogen-bond donors (Lipinski definition) is 4. The van der Waals surface area contributed by atoms with Crippen LogP contribution in [-0.4, -0.2) is 95.8 Å². The zero-order chi connectivity index (χ0) is 33.1. The summed E-state index contributed by atoms with van der Waals surface area (Å²) in [5.41, 5.74) is 0.287. The quantitative estimate of drug-likeness (QED) is 0.203. The molecule has 3 saturated heterocycles. The molecule has 3 aliphatic heterocycles. The van der Waals surface area contributed by atoms with Crippen LogP contribution in [-0.2, 0) is 49.6 Å². The van der Waals surface area contributed by atoms with Crippen molar-refractivity contribution in [2.24, 2.45) is 5.92 Å². The van der Waals surface area contributed by atoms with Crippen molar-refractivity contribution in [3.63, 3.8) is 0 Å². The molecule has 1 unspecified atom stereocenters. The van der Waals surface area contributed by atoms with Crippen LogP contribution in [0.2, 0.25) is 0 Å². The van der Waals surface area contributed by atoms with E-state index in [-0.39, 0.29) is 49.0 Å². The molecule has 4 N–H and O–H groups in total. The molecular formula is C24H29N10O10PS2. The van der Waals surface area contributed by atoms with Crippen molar-refractivity contribution in [3.8, 4) is 0 Å². The molecule has 252 valence electrons. The van der Waals surface area contributed by atoms with Gasteiger partial charge in [0.1, 0.15) is 30.3 Å². The number of rotatable bonds is 4. The van der Waals surface area contributed by atoms with Crippen LogP contribution in [0.5, 0.6) is 0 Å². The van der Waals surface area contributed by atoms with Crippen LogP contribution < -0.4 is 15.6 Å². The van der Waals surface area contributed by atoms with Crippen LogP contribution in [0.15, 0.2) is 30.0 Å². The van der Waals surface area contributed by atoms with Gasteiger partial charge in [0.25, 0.3) is 5.56 Å². The summed E-state index contributed by atoms with van der Waals surface area (Å²) in [5.74, 6) is -0.914. The predicted molar refractivity (Wildman–Crippen MR) is 163 cm³/mol. The zero-order valence-electron chi connectivity index (χ0n) is 24.7. The Kier molecular flexibility index (Phi) is 8.43. The highest BCUT2D eigenvalue weighted by atomic mass is 32.5. The van der Waals surface area contributed by atoms with Gasteiger partial charge in [-0.25, -0.2) is 24.1 Å². The van der Waals surface area contributed by atoms with Crippen LogP contribution in [0.4, 0.5) is 5.95 Å². The molecule has 23 heteroatoms. The smallest absolute Gasteiger partial charge is 0.336 e. The van der Waals surface area contributed by atoms with Crippen molar-refractivity contribution < 1.29 is 40.8 Å². The number of H-pyrrole nitrogens is 1. The first-order chi connectivity index (χ1) is 22.4. The monoisotopic (exact) mass is 712 g/mol. The van der Waals surface area contributed by atoms with E-state index in [0.717, 1.165) is 0 Å². The average molecular weight is 713 g/mol. The third-order valence-corrected chi connectivity index (χ3v) is 10.4. The molecule has 3 fully saturated rings. The number of amides is 1. The van der Waals surface area contributed by atoms with Crippen LogP contribution >= 0.6 is 6.72 Å². The van der Waals surface area contributed by atoms with E-state index in [1.165, 1.54) is 23.5 Å². The first kappa shape index (κ1) is 32.2. The number of carbonyl (C=O) groups excluding carboxylic acids is 1.